The number of hydrogen-bond acceptors (Lipinski definition) is 3. The molecule has 0 bridgehead atoms. The van der Waals surface area contributed by atoms with Crippen molar-refractivity contribution in [1.29, 1.82) is 0 Å². The number of likely N-dealkylation sites (tertiary alicyclic amines) is 1. The zero-order valence-electron chi connectivity index (χ0n) is 9.77. The molecular formula is C12H18BrClN2O. The van der Waals surface area contributed by atoms with Crippen molar-refractivity contribution in [1.82, 2.24) is 4.90 Å². The minimum absolute atomic E-state index is 0. The van der Waals surface area contributed by atoms with Crippen LogP contribution in [0.1, 0.15) is 12.5 Å². The van der Waals surface area contributed by atoms with Crippen LogP contribution in [0.3, 0.4) is 0 Å². The van der Waals surface area contributed by atoms with E-state index in [0.717, 1.165) is 29.7 Å². The van der Waals surface area contributed by atoms with Crippen molar-refractivity contribution >= 4 is 28.3 Å². The Labute approximate surface area is 117 Å². The van der Waals surface area contributed by atoms with Gasteiger partial charge in [0.2, 0.25) is 0 Å². The van der Waals surface area contributed by atoms with Crippen molar-refractivity contribution in [2.24, 2.45) is 11.7 Å². The van der Waals surface area contributed by atoms with Gasteiger partial charge >= 0.3 is 0 Å². The van der Waals surface area contributed by atoms with Gasteiger partial charge < -0.3 is 10.8 Å². The molecule has 1 heterocycles. The molecule has 1 fully saturated rings. The van der Waals surface area contributed by atoms with Crippen LogP contribution in [0.2, 0.25) is 0 Å². The van der Waals surface area contributed by atoms with Gasteiger partial charge in [-0.05, 0) is 29.7 Å². The summed E-state index contributed by atoms with van der Waals surface area (Å²) < 4.78 is 1.04. The van der Waals surface area contributed by atoms with Gasteiger partial charge in [-0.2, -0.15) is 0 Å². The van der Waals surface area contributed by atoms with Crippen LogP contribution in [0.25, 0.3) is 0 Å². The average Bonchev–Trinajstić information content (AvgIpc) is 2.52. The first kappa shape index (κ1) is 14.8. The molecular weight excluding hydrogens is 304 g/mol. The topological polar surface area (TPSA) is 49.5 Å². The molecule has 1 aliphatic heterocycles. The lowest BCUT2D eigenvalue weighted by Crippen LogP contribution is -2.28. The number of benzene rings is 1. The van der Waals surface area contributed by atoms with E-state index in [2.05, 4.69) is 27.8 Å². The summed E-state index contributed by atoms with van der Waals surface area (Å²) in [6, 6.07) is 5.64. The first-order valence-corrected chi connectivity index (χ1v) is 6.31. The summed E-state index contributed by atoms with van der Waals surface area (Å²) in [6.07, 6.45) is 0. The zero-order chi connectivity index (χ0) is 11.7. The fourth-order valence-electron chi connectivity index (χ4n) is 2.15. The second-order valence-corrected chi connectivity index (χ2v) is 5.47. The third-order valence-corrected chi connectivity index (χ3v) is 3.94. The molecule has 1 aromatic rings. The van der Waals surface area contributed by atoms with Gasteiger partial charge in [0, 0.05) is 30.1 Å². The minimum Gasteiger partial charge on any atom is -0.508 e. The molecule has 2 unspecified atom stereocenters. The molecule has 0 saturated carbocycles. The van der Waals surface area contributed by atoms with Crippen LogP contribution in [0.15, 0.2) is 22.7 Å². The van der Waals surface area contributed by atoms with E-state index in [1.807, 2.05) is 6.07 Å². The average molecular weight is 322 g/mol. The summed E-state index contributed by atoms with van der Waals surface area (Å²) in [5.41, 5.74) is 7.10. The van der Waals surface area contributed by atoms with Gasteiger partial charge in [-0.25, -0.2) is 0 Å². The third kappa shape index (κ3) is 3.58. The fraction of sp³-hybridized carbons (Fsp3) is 0.500. The quantitative estimate of drug-likeness (QED) is 0.879. The number of hydrogen-bond donors (Lipinski definition) is 2. The van der Waals surface area contributed by atoms with E-state index in [0.29, 0.717) is 11.7 Å². The summed E-state index contributed by atoms with van der Waals surface area (Å²) in [5.74, 6) is 0.867. The highest BCUT2D eigenvalue weighted by atomic mass is 79.9. The highest BCUT2D eigenvalue weighted by Gasteiger charge is 2.26. The Morgan fingerprint density at radius 1 is 1.47 bits per heavy atom. The molecule has 1 aromatic carbocycles. The van der Waals surface area contributed by atoms with Crippen LogP contribution >= 0.6 is 28.3 Å². The maximum absolute atomic E-state index is 9.45. The first-order chi connectivity index (χ1) is 7.56. The van der Waals surface area contributed by atoms with E-state index >= 15 is 0 Å². The van der Waals surface area contributed by atoms with Gasteiger partial charge in [0.25, 0.3) is 0 Å². The van der Waals surface area contributed by atoms with E-state index in [1.165, 1.54) is 0 Å². The Bertz CT molecular complexity index is 379. The van der Waals surface area contributed by atoms with Gasteiger partial charge in [-0.3, -0.25) is 4.90 Å². The number of halogens is 2. The second kappa shape index (κ2) is 6.05. The van der Waals surface area contributed by atoms with Gasteiger partial charge in [0.15, 0.2) is 0 Å². The molecule has 96 valence electrons. The van der Waals surface area contributed by atoms with E-state index < -0.39 is 0 Å². The molecule has 0 radical (unpaired) electrons. The lowest BCUT2D eigenvalue weighted by Gasteiger charge is -2.16. The summed E-state index contributed by atoms with van der Waals surface area (Å²) in [4.78, 5) is 2.33. The van der Waals surface area contributed by atoms with Crippen molar-refractivity contribution in [3.05, 3.63) is 28.2 Å². The SMILES string of the molecule is CC1CN(Cc2cc(O)ccc2Br)CC1N.Cl. The molecule has 1 aliphatic rings. The molecule has 2 atom stereocenters. The van der Waals surface area contributed by atoms with Crippen molar-refractivity contribution < 1.29 is 5.11 Å². The monoisotopic (exact) mass is 320 g/mol. The number of aromatic hydroxyl groups is 1. The molecule has 2 rings (SSSR count). The Hall–Kier alpha value is -0.290. The second-order valence-electron chi connectivity index (χ2n) is 4.61. The highest BCUT2D eigenvalue weighted by molar-refractivity contribution is 9.10. The van der Waals surface area contributed by atoms with E-state index in [1.54, 1.807) is 12.1 Å². The van der Waals surface area contributed by atoms with Gasteiger partial charge in [0.1, 0.15) is 5.75 Å². The summed E-state index contributed by atoms with van der Waals surface area (Å²) in [7, 11) is 0. The van der Waals surface area contributed by atoms with E-state index in [9.17, 15) is 5.11 Å². The summed E-state index contributed by atoms with van der Waals surface area (Å²) in [6.45, 7) is 4.99. The molecule has 0 aliphatic carbocycles. The van der Waals surface area contributed by atoms with E-state index in [4.69, 9.17) is 5.73 Å². The number of phenols is 1. The third-order valence-electron chi connectivity index (χ3n) is 3.17. The number of phenolic OH excluding ortho intramolecular Hbond substituents is 1. The molecule has 0 aromatic heterocycles. The largest absolute Gasteiger partial charge is 0.508 e. The van der Waals surface area contributed by atoms with Gasteiger partial charge in [-0.1, -0.05) is 22.9 Å². The minimum atomic E-state index is 0. The summed E-state index contributed by atoms with van der Waals surface area (Å²) in [5, 5.41) is 9.45. The molecule has 3 nitrogen and oxygen atoms in total. The van der Waals surface area contributed by atoms with Crippen molar-refractivity contribution in [3.8, 4) is 5.75 Å². The van der Waals surface area contributed by atoms with Gasteiger partial charge in [0.05, 0.1) is 0 Å². The highest BCUT2D eigenvalue weighted by Crippen LogP contribution is 2.25. The number of nitrogens with two attached hydrogens (primary N) is 1. The predicted molar refractivity (Wildman–Crippen MR) is 75.5 cm³/mol. The van der Waals surface area contributed by atoms with Gasteiger partial charge in [-0.15, -0.1) is 12.4 Å². The maximum Gasteiger partial charge on any atom is 0.115 e. The predicted octanol–water partition coefficient (Wildman–Crippen LogP) is 2.36. The van der Waals surface area contributed by atoms with E-state index in [-0.39, 0.29) is 18.4 Å². The van der Waals surface area contributed by atoms with Crippen molar-refractivity contribution in [2.75, 3.05) is 13.1 Å². The van der Waals surface area contributed by atoms with Crippen molar-refractivity contribution in [3.63, 3.8) is 0 Å². The van der Waals surface area contributed by atoms with Crippen molar-refractivity contribution in [2.45, 2.75) is 19.5 Å². The Morgan fingerprint density at radius 3 is 2.76 bits per heavy atom. The maximum atomic E-state index is 9.45. The molecule has 3 N–H and O–H groups in total. The Morgan fingerprint density at radius 2 is 2.18 bits per heavy atom. The van der Waals surface area contributed by atoms with Crippen LogP contribution < -0.4 is 5.73 Å². The molecule has 1 saturated heterocycles. The van der Waals surface area contributed by atoms with Crippen LogP contribution in [-0.4, -0.2) is 29.1 Å². The van der Waals surface area contributed by atoms with Crippen LogP contribution in [0, 0.1) is 5.92 Å². The normalized spacial score (nSPS) is 24.6. The number of nitrogens with zero attached hydrogens (tertiary/aromatic N) is 1. The lowest BCUT2D eigenvalue weighted by atomic mass is 10.1. The molecule has 17 heavy (non-hydrogen) atoms. The lowest BCUT2D eigenvalue weighted by molar-refractivity contribution is 0.317. The first-order valence-electron chi connectivity index (χ1n) is 5.51. The smallest absolute Gasteiger partial charge is 0.115 e. The molecule has 0 spiro atoms. The Kier molecular flexibility index (Phi) is 5.25. The van der Waals surface area contributed by atoms with Crippen LogP contribution in [-0.2, 0) is 6.54 Å². The van der Waals surface area contributed by atoms with Crippen LogP contribution in [0.4, 0.5) is 0 Å². The fourth-order valence-corrected chi connectivity index (χ4v) is 2.52. The number of rotatable bonds is 2. The Balaban J connectivity index is 0.00000144. The van der Waals surface area contributed by atoms with Crippen LogP contribution in [0.5, 0.6) is 5.75 Å². The zero-order valence-corrected chi connectivity index (χ0v) is 12.2. The standard InChI is InChI=1S/C12H17BrN2O.ClH/c1-8-5-15(7-12(8)14)6-9-4-10(16)2-3-11(9)13;/h2-4,8,12,16H,5-7,14H2,1H3;1H. The molecule has 5 heteroatoms. The molecule has 0 amide bonds. The summed E-state index contributed by atoms with van der Waals surface area (Å²) >= 11 is 3.50.